The summed E-state index contributed by atoms with van der Waals surface area (Å²) in [5.74, 6) is -1.87. The molecule has 1 rings (SSSR count). The Morgan fingerprint density at radius 2 is 1.94 bits per heavy atom. The summed E-state index contributed by atoms with van der Waals surface area (Å²) in [6.07, 6.45) is -0.523. The van der Waals surface area contributed by atoms with Crippen molar-refractivity contribution in [2.45, 2.75) is 13.3 Å². The maximum Gasteiger partial charge on any atom is 0.365 e. The molecule has 0 unspecified atom stereocenters. The first kappa shape index (κ1) is 13.7. The lowest BCUT2D eigenvalue weighted by molar-refractivity contribution is -0.145. The van der Waals surface area contributed by atoms with E-state index in [-0.39, 0.29) is 17.9 Å². The molecule has 0 aliphatic heterocycles. The van der Waals surface area contributed by atoms with Crippen LogP contribution in [-0.2, 0) is 14.3 Å². The van der Waals surface area contributed by atoms with Gasteiger partial charge in [-0.05, 0) is 31.2 Å². The summed E-state index contributed by atoms with van der Waals surface area (Å²) in [6, 6.07) is 4.82. The van der Waals surface area contributed by atoms with Crippen LogP contribution in [0.3, 0.4) is 0 Å². The number of esters is 1. The number of Topliss-reactive ketones (excluding diaryl/α,β-unsaturated/α-hetero) is 1. The Kier molecular flexibility index (Phi) is 4.90. The second kappa shape index (κ2) is 6.42. The number of ketones is 1. The second-order valence-corrected chi connectivity index (χ2v) is 3.36. The van der Waals surface area contributed by atoms with Gasteiger partial charge in [0.15, 0.2) is 0 Å². The van der Waals surface area contributed by atoms with Crippen molar-refractivity contribution in [3.8, 4) is 0 Å². The molecule has 0 bridgehead atoms. The van der Waals surface area contributed by atoms with Gasteiger partial charge in [-0.2, -0.15) is 4.79 Å². The second-order valence-electron chi connectivity index (χ2n) is 3.36. The average Bonchev–Trinajstić information content (AvgIpc) is 2.32. The highest BCUT2D eigenvalue weighted by molar-refractivity contribution is 6.45. The van der Waals surface area contributed by atoms with Gasteiger partial charge in [-0.3, -0.25) is 9.59 Å². The first-order valence-corrected chi connectivity index (χ1v) is 5.25. The Hall–Kier alpha value is -2.33. The average molecular weight is 250 g/mol. The van der Waals surface area contributed by atoms with Gasteiger partial charge < -0.3 is 10.3 Å². The predicted octanol–water partition coefficient (Wildman–Crippen LogP) is 1.37. The van der Waals surface area contributed by atoms with Gasteiger partial charge >= 0.3 is 11.7 Å². The van der Waals surface area contributed by atoms with E-state index in [2.05, 4.69) is 9.53 Å². The van der Waals surface area contributed by atoms with Crippen molar-refractivity contribution in [2.75, 3.05) is 6.61 Å². The van der Waals surface area contributed by atoms with Gasteiger partial charge in [0.05, 0.1) is 12.2 Å². The molecule has 0 aromatic heterocycles. The molecule has 0 saturated carbocycles. The Morgan fingerprint density at radius 1 is 1.33 bits per heavy atom. The number of rotatable bonds is 5. The first-order chi connectivity index (χ1) is 8.58. The first-order valence-electron chi connectivity index (χ1n) is 5.25. The van der Waals surface area contributed by atoms with E-state index in [1.807, 2.05) is 0 Å². The van der Waals surface area contributed by atoms with Crippen molar-refractivity contribution < 1.29 is 23.5 Å². The Balaban J connectivity index is 2.85. The molecule has 5 nitrogen and oxygen atoms in total. The summed E-state index contributed by atoms with van der Waals surface area (Å²) in [6.45, 7) is 1.78. The third kappa shape index (κ3) is 3.61. The lowest BCUT2D eigenvalue weighted by Gasteiger charge is -1.99. The molecule has 0 aliphatic carbocycles. The Labute approximate surface area is 103 Å². The van der Waals surface area contributed by atoms with E-state index in [9.17, 15) is 14.0 Å². The minimum absolute atomic E-state index is 0.161. The summed E-state index contributed by atoms with van der Waals surface area (Å²) < 4.78 is 17.3. The van der Waals surface area contributed by atoms with Gasteiger partial charge in [-0.25, -0.2) is 4.39 Å². The zero-order valence-corrected chi connectivity index (χ0v) is 9.72. The smallest absolute Gasteiger partial charge is 0.365 e. The quantitative estimate of drug-likeness (QED) is 0.260. The number of hydrogen-bond donors (Lipinski definition) is 0. The highest BCUT2D eigenvalue weighted by Gasteiger charge is 2.25. The minimum Gasteiger partial charge on any atom is -0.466 e. The van der Waals surface area contributed by atoms with E-state index >= 15 is 0 Å². The fourth-order valence-electron chi connectivity index (χ4n) is 1.31. The third-order valence-corrected chi connectivity index (χ3v) is 2.09. The molecular formula is C12H11FN2O3. The number of carbonyl (C=O) groups is 2. The standard InChI is InChI=1S/C12H11FN2O3/c1-2-18-11(17)7-10(16)12(15-14)8-3-5-9(13)6-4-8/h3-6H,2,7H2,1H3. The molecule has 1 aromatic carbocycles. The molecule has 6 heteroatoms. The van der Waals surface area contributed by atoms with E-state index < -0.39 is 24.0 Å². The number of hydrogen-bond acceptors (Lipinski definition) is 3. The van der Waals surface area contributed by atoms with Crippen LogP contribution in [0.2, 0.25) is 0 Å². The number of nitrogens with zero attached hydrogens (tertiary/aromatic N) is 2. The van der Waals surface area contributed by atoms with Crippen LogP contribution in [0.4, 0.5) is 4.39 Å². The summed E-state index contributed by atoms with van der Waals surface area (Å²) in [5, 5.41) is 0. The number of ether oxygens (including phenoxy) is 1. The molecule has 0 aliphatic rings. The lowest BCUT2D eigenvalue weighted by atomic mass is 10.0. The maximum atomic E-state index is 12.7. The molecule has 0 saturated heterocycles. The highest BCUT2D eigenvalue weighted by Crippen LogP contribution is 2.05. The Bertz CT molecular complexity index is 505. The van der Waals surface area contributed by atoms with Crippen LogP contribution in [0.15, 0.2) is 24.3 Å². The molecule has 0 atom stereocenters. The summed E-state index contributed by atoms with van der Waals surface area (Å²) >= 11 is 0. The van der Waals surface area contributed by atoms with Gasteiger partial charge in [-0.15, -0.1) is 0 Å². The number of carbonyl (C=O) groups excluding carboxylic acids is 2. The number of benzene rings is 1. The molecule has 18 heavy (non-hydrogen) atoms. The summed E-state index contributed by atoms with van der Waals surface area (Å²) in [4.78, 5) is 25.6. The normalized spacial score (nSPS) is 9.44. The molecule has 0 N–H and O–H groups in total. The van der Waals surface area contributed by atoms with E-state index in [0.29, 0.717) is 0 Å². The molecule has 0 heterocycles. The molecule has 0 fully saturated rings. The van der Waals surface area contributed by atoms with Crippen LogP contribution < -0.4 is 0 Å². The van der Waals surface area contributed by atoms with Crippen molar-refractivity contribution in [3.63, 3.8) is 0 Å². The van der Waals surface area contributed by atoms with Crippen molar-refractivity contribution >= 4 is 17.5 Å². The fraction of sp³-hybridized carbons (Fsp3) is 0.250. The van der Waals surface area contributed by atoms with E-state index in [0.717, 1.165) is 12.1 Å². The van der Waals surface area contributed by atoms with E-state index in [1.165, 1.54) is 12.1 Å². The van der Waals surface area contributed by atoms with E-state index in [1.54, 1.807) is 6.92 Å². The number of halogens is 1. The van der Waals surface area contributed by atoms with E-state index in [4.69, 9.17) is 5.53 Å². The predicted molar refractivity (Wildman–Crippen MR) is 60.4 cm³/mol. The molecule has 0 radical (unpaired) electrons. The molecule has 94 valence electrons. The molecule has 0 spiro atoms. The van der Waals surface area contributed by atoms with Gasteiger partial charge in [0.25, 0.3) is 5.78 Å². The van der Waals surface area contributed by atoms with Crippen molar-refractivity contribution in [3.05, 3.63) is 41.2 Å². The molecular weight excluding hydrogens is 239 g/mol. The summed E-state index contributed by atoms with van der Waals surface area (Å²) in [5.41, 5.74) is 8.71. The molecule has 1 aromatic rings. The van der Waals surface area contributed by atoms with Crippen LogP contribution in [0, 0.1) is 5.82 Å². The third-order valence-electron chi connectivity index (χ3n) is 2.09. The zero-order chi connectivity index (χ0) is 13.5. The lowest BCUT2D eigenvalue weighted by Crippen LogP contribution is -2.21. The minimum atomic E-state index is -0.703. The van der Waals surface area contributed by atoms with Gasteiger partial charge in [-0.1, -0.05) is 0 Å². The van der Waals surface area contributed by atoms with Crippen LogP contribution in [0.1, 0.15) is 18.9 Å². The van der Waals surface area contributed by atoms with Gasteiger partial charge in [0, 0.05) is 0 Å². The maximum absolute atomic E-state index is 12.7. The summed E-state index contributed by atoms with van der Waals surface area (Å²) in [7, 11) is 0. The van der Waals surface area contributed by atoms with Crippen molar-refractivity contribution in [1.82, 2.24) is 0 Å². The van der Waals surface area contributed by atoms with Crippen LogP contribution >= 0.6 is 0 Å². The van der Waals surface area contributed by atoms with Gasteiger partial charge in [0.1, 0.15) is 12.2 Å². The highest BCUT2D eigenvalue weighted by atomic mass is 19.1. The largest absolute Gasteiger partial charge is 0.466 e. The van der Waals surface area contributed by atoms with Crippen LogP contribution in [0.5, 0.6) is 0 Å². The van der Waals surface area contributed by atoms with Crippen molar-refractivity contribution in [1.29, 1.82) is 0 Å². The topological polar surface area (TPSA) is 79.8 Å². The van der Waals surface area contributed by atoms with Crippen LogP contribution in [-0.4, -0.2) is 28.9 Å². The molecule has 0 amide bonds. The van der Waals surface area contributed by atoms with Gasteiger partial charge in [0.2, 0.25) is 0 Å². The monoisotopic (exact) mass is 250 g/mol. The Morgan fingerprint density at radius 3 is 2.44 bits per heavy atom. The van der Waals surface area contributed by atoms with Crippen molar-refractivity contribution in [2.24, 2.45) is 0 Å². The SMILES string of the molecule is CCOC(=O)CC(=O)C(=[N+]=[N-])c1ccc(F)cc1. The van der Waals surface area contributed by atoms with Crippen LogP contribution in [0.25, 0.3) is 5.53 Å². The zero-order valence-electron chi connectivity index (χ0n) is 9.72. The fourth-order valence-corrected chi connectivity index (χ4v) is 1.31.